The average molecular weight is 336 g/mol. The molecule has 23 heavy (non-hydrogen) atoms. The van der Waals surface area contributed by atoms with E-state index < -0.39 is 5.97 Å². The molecule has 0 fully saturated rings. The summed E-state index contributed by atoms with van der Waals surface area (Å²) in [7, 11) is 0. The van der Waals surface area contributed by atoms with Crippen LogP contribution in [0.5, 0.6) is 0 Å². The topological polar surface area (TPSA) is 130 Å². The molecule has 5 N–H and O–H groups in total. The Kier molecular flexibility index (Phi) is 5.32. The largest absolute Gasteiger partial charge is 0.478 e. The number of aromatic nitrogens is 2. The monoisotopic (exact) mass is 335 g/mol. The van der Waals surface area contributed by atoms with E-state index in [1.807, 2.05) is 0 Å². The molecule has 0 aliphatic rings. The van der Waals surface area contributed by atoms with Crippen molar-refractivity contribution in [2.24, 2.45) is 0 Å². The normalized spacial score (nSPS) is 10.1. The van der Waals surface area contributed by atoms with Gasteiger partial charge in [-0.1, -0.05) is 11.6 Å². The van der Waals surface area contributed by atoms with Crippen LogP contribution < -0.4 is 16.4 Å². The number of amides is 1. The number of hydrogen-bond acceptors (Lipinski definition) is 6. The molecule has 9 heteroatoms. The number of nitrogens with two attached hydrogens (primary N) is 1. The fourth-order valence-electron chi connectivity index (χ4n) is 1.75. The van der Waals surface area contributed by atoms with E-state index in [1.54, 1.807) is 0 Å². The first-order valence-electron chi connectivity index (χ1n) is 6.61. The number of nitrogens with zero attached hydrogens (tertiary/aromatic N) is 2. The Labute approximate surface area is 136 Å². The summed E-state index contributed by atoms with van der Waals surface area (Å²) in [6.45, 7) is 0.325. The van der Waals surface area contributed by atoms with E-state index in [4.69, 9.17) is 22.4 Å². The van der Waals surface area contributed by atoms with Crippen molar-refractivity contribution in [3.05, 3.63) is 41.0 Å². The average Bonchev–Trinajstić information content (AvgIpc) is 2.46. The molecular formula is C14H14ClN5O3. The van der Waals surface area contributed by atoms with Crippen LogP contribution >= 0.6 is 11.6 Å². The fraction of sp³-hybridized carbons (Fsp3) is 0.143. The third-order valence-corrected chi connectivity index (χ3v) is 2.98. The van der Waals surface area contributed by atoms with Gasteiger partial charge in [0.25, 0.3) is 0 Å². The summed E-state index contributed by atoms with van der Waals surface area (Å²) in [6.07, 6.45) is 0.183. The van der Waals surface area contributed by atoms with Gasteiger partial charge < -0.3 is 21.5 Å². The minimum absolute atomic E-state index is 0.0444. The number of nitrogens with one attached hydrogen (secondary N) is 2. The van der Waals surface area contributed by atoms with Crippen molar-refractivity contribution in [2.75, 3.05) is 22.9 Å². The van der Waals surface area contributed by atoms with Gasteiger partial charge in [-0.05, 0) is 24.3 Å². The zero-order valence-corrected chi connectivity index (χ0v) is 12.7. The van der Waals surface area contributed by atoms with Crippen molar-refractivity contribution in [1.29, 1.82) is 0 Å². The number of carbonyl (C=O) groups is 2. The molecule has 0 spiro atoms. The van der Waals surface area contributed by atoms with Crippen LogP contribution in [-0.2, 0) is 4.79 Å². The molecule has 1 amide bonds. The molecule has 2 rings (SSSR count). The molecule has 0 aliphatic heterocycles. The van der Waals surface area contributed by atoms with Gasteiger partial charge in [-0.25, -0.2) is 9.78 Å². The molecule has 8 nitrogen and oxygen atoms in total. The molecule has 0 radical (unpaired) electrons. The number of rotatable bonds is 6. The van der Waals surface area contributed by atoms with Crippen molar-refractivity contribution >= 4 is 40.9 Å². The second-order valence-electron chi connectivity index (χ2n) is 4.54. The van der Waals surface area contributed by atoms with E-state index in [-0.39, 0.29) is 29.0 Å². The van der Waals surface area contributed by atoms with E-state index in [0.717, 1.165) is 0 Å². The first-order valence-corrected chi connectivity index (χ1v) is 6.99. The predicted octanol–water partition coefficient (Wildman–Crippen LogP) is 1.85. The van der Waals surface area contributed by atoms with E-state index in [9.17, 15) is 9.59 Å². The third kappa shape index (κ3) is 5.11. The van der Waals surface area contributed by atoms with E-state index >= 15 is 0 Å². The summed E-state index contributed by atoms with van der Waals surface area (Å²) in [4.78, 5) is 30.2. The molecule has 120 valence electrons. The van der Waals surface area contributed by atoms with Gasteiger partial charge in [-0.2, -0.15) is 4.98 Å². The zero-order chi connectivity index (χ0) is 16.8. The molecule has 2 aromatic rings. The maximum atomic E-state index is 11.8. The Morgan fingerprint density at radius 2 is 1.91 bits per heavy atom. The van der Waals surface area contributed by atoms with Crippen molar-refractivity contribution in [3.8, 4) is 0 Å². The van der Waals surface area contributed by atoms with Crippen LogP contribution in [0, 0.1) is 0 Å². The van der Waals surface area contributed by atoms with Crippen LogP contribution in [0.1, 0.15) is 16.8 Å². The van der Waals surface area contributed by atoms with Crippen LogP contribution in [0.3, 0.4) is 0 Å². The summed E-state index contributed by atoms with van der Waals surface area (Å²) in [5.41, 5.74) is 6.14. The Morgan fingerprint density at radius 3 is 2.52 bits per heavy atom. The lowest BCUT2D eigenvalue weighted by Crippen LogP contribution is -2.17. The van der Waals surface area contributed by atoms with Crippen LogP contribution in [0.4, 0.5) is 17.5 Å². The second-order valence-corrected chi connectivity index (χ2v) is 4.93. The third-order valence-electron chi connectivity index (χ3n) is 2.79. The molecule has 1 heterocycles. The highest BCUT2D eigenvalue weighted by atomic mass is 35.5. The Hall–Kier alpha value is -2.87. The van der Waals surface area contributed by atoms with Crippen molar-refractivity contribution in [1.82, 2.24) is 9.97 Å². The molecule has 1 aromatic carbocycles. The summed E-state index contributed by atoms with van der Waals surface area (Å²) in [5, 5.41) is 14.6. The molecule has 0 saturated heterocycles. The highest BCUT2D eigenvalue weighted by Crippen LogP contribution is 2.13. The Balaban J connectivity index is 1.81. The van der Waals surface area contributed by atoms with Gasteiger partial charge in [0.05, 0.1) is 5.56 Å². The molecule has 1 aromatic heterocycles. The molecule has 0 atom stereocenters. The summed E-state index contributed by atoms with van der Waals surface area (Å²) in [6, 6.07) is 7.39. The van der Waals surface area contributed by atoms with E-state index in [2.05, 4.69) is 20.6 Å². The Morgan fingerprint density at radius 1 is 1.22 bits per heavy atom. The van der Waals surface area contributed by atoms with Gasteiger partial charge in [-0.3, -0.25) is 4.79 Å². The number of hydrogen-bond donors (Lipinski definition) is 4. The van der Waals surface area contributed by atoms with Crippen LogP contribution in [-0.4, -0.2) is 33.5 Å². The van der Waals surface area contributed by atoms with E-state index in [0.29, 0.717) is 18.1 Å². The van der Waals surface area contributed by atoms with Crippen molar-refractivity contribution < 1.29 is 14.7 Å². The minimum atomic E-state index is -1.02. The fourth-order valence-corrected chi connectivity index (χ4v) is 1.94. The number of benzene rings is 1. The summed E-state index contributed by atoms with van der Waals surface area (Å²) >= 11 is 5.74. The number of carboxylic acids is 1. The standard InChI is InChI=1S/C14H14ClN5O3/c15-10-7-11(20-14(16)19-10)17-6-5-12(21)18-9-3-1-8(2-4-9)13(22)23/h1-4,7H,5-6H2,(H,18,21)(H,22,23)(H3,16,17,19,20). The number of halogens is 1. The lowest BCUT2D eigenvalue weighted by atomic mass is 10.2. The first-order chi connectivity index (χ1) is 10.9. The first kappa shape index (κ1) is 16.5. The lowest BCUT2D eigenvalue weighted by molar-refractivity contribution is -0.115. The van der Waals surface area contributed by atoms with Crippen molar-refractivity contribution in [3.63, 3.8) is 0 Å². The number of anilines is 3. The second kappa shape index (κ2) is 7.41. The van der Waals surface area contributed by atoms with Crippen LogP contribution in [0.2, 0.25) is 5.15 Å². The number of carbonyl (C=O) groups excluding carboxylic acids is 1. The summed E-state index contributed by atoms with van der Waals surface area (Å²) < 4.78 is 0. The van der Waals surface area contributed by atoms with Crippen LogP contribution in [0.25, 0.3) is 0 Å². The molecule has 0 bridgehead atoms. The van der Waals surface area contributed by atoms with Gasteiger partial charge >= 0.3 is 5.97 Å². The van der Waals surface area contributed by atoms with Gasteiger partial charge in [0.1, 0.15) is 11.0 Å². The number of nitrogen functional groups attached to an aromatic ring is 1. The highest BCUT2D eigenvalue weighted by Gasteiger charge is 2.06. The van der Waals surface area contributed by atoms with Gasteiger partial charge in [-0.15, -0.1) is 0 Å². The van der Waals surface area contributed by atoms with Crippen molar-refractivity contribution in [2.45, 2.75) is 6.42 Å². The quantitative estimate of drug-likeness (QED) is 0.592. The number of carboxylic acid groups (broad SMARTS) is 1. The maximum Gasteiger partial charge on any atom is 0.335 e. The Bertz CT molecular complexity index is 701. The molecular weight excluding hydrogens is 322 g/mol. The van der Waals surface area contributed by atoms with Gasteiger partial charge in [0.15, 0.2) is 0 Å². The van der Waals surface area contributed by atoms with Crippen LogP contribution in [0.15, 0.2) is 30.3 Å². The maximum absolute atomic E-state index is 11.8. The van der Waals surface area contributed by atoms with E-state index in [1.165, 1.54) is 30.3 Å². The zero-order valence-electron chi connectivity index (χ0n) is 11.9. The number of aromatic carboxylic acids is 1. The smallest absolute Gasteiger partial charge is 0.335 e. The molecule has 0 saturated carbocycles. The summed E-state index contributed by atoms with van der Waals surface area (Å²) in [5.74, 6) is -0.771. The predicted molar refractivity (Wildman–Crippen MR) is 86.6 cm³/mol. The highest BCUT2D eigenvalue weighted by molar-refractivity contribution is 6.29. The van der Waals surface area contributed by atoms with Gasteiger partial charge in [0.2, 0.25) is 11.9 Å². The molecule has 0 aliphatic carbocycles. The minimum Gasteiger partial charge on any atom is -0.478 e. The van der Waals surface area contributed by atoms with Gasteiger partial charge in [0, 0.05) is 24.7 Å². The molecule has 0 unspecified atom stereocenters. The SMILES string of the molecule is Nc1nc(Cl)cc(NCCC(=O)Nc2ccc(C(=O)O)cc2)n1. The lowest BCUT2D eigenvalue weighted by Gasteiger charge is -2.08.